The molecule has 1 unspecified atom stereocenters. The summed E-state index contributed by atoms with van der Waals surface area (Å²) in [5.74, 6) is -0.329. The van der Waals surface area contributed by atoms with Gasteiger partial charge in [0.2, 0.25) is 0 Å². The summed E-state index contributed by atoms with van der Waals surface area (Å²) >= 11 is 0. The van der Waals surface area contributed by atoms with Crippen molar-refractivity contribution in [1.82, 2.24) is 0 Å². The van der Waals surface area contributed by atoms with Crippen molar-refractivity contribution in [3.63, 3.8) is 0 Å². The molecular formula is C23H42O4Si3. The second-order valence-electron chi connectivity index (χ2n) is 9.41. The molecule has 0 aliphatic carbocycles. The molecule has 0 amide bonds. The highest BCUT2D eigenvalue weighted by atomic mass is 28.5. The molecule has 7 heteroatoms. The Hall–Kier alpha value is -0.999. The second-order valence-corrected chi connectivity index (χ2v) is 21.7. The number of hydrogen-bond acceptors (Lipinski definition) is 4. The molecule has 1 aromatic rings. The molecule has 0 saturated carbocycles. The molecule has 1 aromatic carbocycles. The lowest BCUT2D eigenvalue weighted by Gasteiger charge is -2.43. The van der Waals surface area contributed by atoms with Crippen molar-refractivity contribution in [3.05, 3.63) is 42.5 Å². The molecule has 0 aromatic heterocycles. The van der Waals surface area contributed by atoms with E-state index in [2.05, 4.69) is 70.9 Å². The summed E-state index contributed by atoms with van der Waals surface area (Å²) in [5.41, 5.74) is 0.432. The summed E-state index contributed by atoms with van der Waals surface area (Å²) in [6, 6.07) is 13.6. The molecule has 0 aliphatic rings. The molecule has 0 fully saturated rings. The molecule has 30 heavy (non-hydrogen) atoms. The van der Waals surface area contributed by atoms with Gasteiger partial charge in [-0.15, -0.1) is 0 Å². The van der Waals surface area contributed by atoms with Crippen LogP contribution < -0.4 is 5.19 Å². The van der Waals surface area contributed by atoms with Crippen LogP contribution in [-0.2, 0) is 17.8 Å². The Balaban J connectivity index is 3.27. The molecule has 1 rings (SSSR count). The van der Waals surface area contributed by atoms with Gasteiger partial charge in [-0.2, -0.15) is 0 Å². The third-order valence-corrected chi connectivity index (χ3v) is 17.3. The highest BCUT2D eigenvalue weighted by Gasteiger charge is 2.48. The molecule has 0 saturated heterocycles. The zero-order valence-electron chi connectivity index (χ0n) is 20.2. The zero-order valence-corrected chi connectivity index (χ0v) is 23.2. The lowest BCUT2D eigenvalue weighted by molar-refractivity contribution is -0.138. The van der Waals surface area contributed by atoms with Crippen molar-refractivity contribution in [2.45, 2.75) is 84.4 Å². The van der Waals surface area contributed by atoms with Crippen LogP contribution in [0, 0.1) is 0 Å². The highest BCUT2D eigenvalue weighted by Crippen LogP contribution is 2.31. The fourth-order valence-corrected chi connectivity index (χ4v) is 18.1. The minimum absolute atomic E-state index is 0.329. The molecule has 0 radical (unpaired) electrons. The van der Waals surface area contributed by atoms with Crippen molar-refractivity contribution in [2.24, 2.45) is 0 Å². The van der Waals surface area contributed by atoms with E-state index in [0.717, 1.165) is 37.4 Å². The van der Waals surface area contributed by atoms with Gasteiger partial charge in [-0.3, -0.25) is 0 Å². The van der Waals surface area contributed by atoms with Gasteiger partial charge in [0.05, 0.1) is 6.61 Å². The number of esters is 1. The van der Waals surface area contributed by atoms with Crippen molar-refractivity contribution in [2.75, 3.05) is 6.61 Å². The predicted octanol–water partition coefficient (Wildman–Crippen LogP) is 6.11. The summed E-state index contributed by atoms with van der Waals surface area (Å²) < 4.78 is 19.6. The Bertz CT molecular complexity index is 667. The Morgan fingerprint density at radius 2 is 1.50 bits per heavy atom. The Kier molecular flexibility index (Phi) is 10.9. The largest absolute Gasteiger partial charge is 0.462 e. The molecule has 0 N–H and O–H groups in total. The molecule has 0 heterocycles. The van der Waals surface area contributed by atoms with Gasteiger partial charge in [0.1, 0.15) is 0 Å². The van der Waals surface area contributed by atoms with E-state index in [-0.39, 0.29) is 5.97 Å². The summed E-state index contributed by atoms with van der Waals surface area (Å²) in [7, 11) is -6.52. The van der Waals surface area contributed by atoms with Gasteiger partial charge in [-0.25, -0.2) is 4.79 Å². The second kappa shape index (κ2) is 12.1. The number of rotatable bonds is 14. The Morgan fingerprint density at radius 3 is 1.97 bits per heavy atom. The Morgan fingerprint density at radius 1 is 0.933 bits per heavy atom. The van der Waals surface area contributed by atoms with Gasteiger partial charge >= 0.3 is 14.5 Å². The van der Waals surface area contributed by atoms with Crippen LogP contribution in [0.5, 0.6) is 0 Å². The van der Waals surface area contributed by atoms with Gasteiger partial charge in [0.15, 0.2) is 16.6 Å². The third-order valence-electron chi connectivity index (χ3n) is 4.89. The minimum Gasteiger partial charge on any atom is -0.462 e. The molecule has 170 valence electrons. The van der Waals surface area contributed by atoms with E-state index in [1.54, 1.807) is 6.92 Å². The van der Waals surface area contributed by atoms with Gasteiger partial charge < -0.3 is 13.0 Å². The van der Waals surface area contributed by atoms with E-state index in [0.29, 0.717) is 12.2 Å². The molecule has 4 nitrogen and oxygen atoms in total. The van der Waals surface area contributed by atoms with Crippen LogP contribution in [0.2, 0.25) is 44.3 Å². The average molecular weight is 467 g/mol. The number of benzene rings is 1. The SMILES string of the molecule is C=C(C)C(=O)OCCC[Si](O[Si](C)(C)C)(O[Si](C)(CCC)CCC)c1ccccc1. The monoisotopic (exact) mass is 466 g/mol. The lowest BCUT2D eigenvalue weighted by atomic mass is 10.4. The van der Waals surface area contributed by atoms with E-state index in [4.69, 9.17) is 13.0 Å². The van der Waals surface area contributed by atoms with Gasteiger partial charge in [-0.1, -0.05) is 63.6 Å². The van der Waals surface area contributed by atoms with Crippen molar-refractivity contribution in [3.8, 4) is 0 Å². The van der Waals surface area contributed by atoms with Gasteiger partial charge in [0.25, 0.3) is 0 Å². The number of hydrogen-bond donors (Lipinski definition) is 0. The first kappa shape index (κ1) is 27.0. The van der Waals surface area contributed by atoms with Gasteiger partial charge in [-0.05, 0) is 62.9 Å². The number of ether oxygens (including phenoxy) is 1. The maximum Gasteiger partial charge on any atom is 0.352 e. The molecule has 0 aliphatic heterocycles. The minimum atomic E-state index is -2.71. The van der Waals surface area contributed by atoms with Crippen LogP contribution in [0.1, 0.15) is 40.0 Å². The first-order valence-corrected chi connectivity index (χ1v) is 19.5. The molecule has 0 bridgehead atoms. The topological polar surface area (TPSA) is 44.8 Å². The quantitative estimate of drug-likeness (QED) is 0.144. The lowest BCUT2D eigenvalue weighted by Crippen LogP contribution is -2.63. The zero-order chi connectivity index (χ0) is 22.8. The van der Waals surface area contributed by atoms with E-state index < -0.39 is 25.2 Å². The maximum atomic E-state index is 11.8. The predicted molar refractivity (Wildman–Crippen MR) is 134 cm³/mol. The van der Waals surface area contributed by atoms with E-state index in [1.165, 1.54) is 5.19 Å². The van der Waals surface area contributed by atoms with Gasteiger partial charge in [0, 0.05) is 5.57 Å². The van der Waals surface area contributed by atoms with Crippen LogP contribution in [-0.4, -0.2) is 37.8 Å². The van der Waals surface area contributed by atoms with Crippen LogP contribution in [0.15, 0.2) is 42.5 Å². The van der Waals surface area contributed by atoms with E-state index in [1.807, 2.05) is 6.07 Å². The van der Waals surface area contributed by atoms with Crippen LogP contribution in [0.4, 0.5) is 0 Å². The highest BCUT2D eigenvalue weighted by molar-refractivity contribution is 6.95. The van der Waals surface area contributed by atoms with E-state index >= 15 is 0 Å². The molecular weight excluding hydrogens is 425 g/mol. The maximum absolute atomic E-state index is 11.8. The number of carbonyl (C=O) groups excluding carboxylic acids is 1. The average Bonchev–Trinajstić information content (AvgIpc) is 2.64. The smallest absolute Gasteiger partial charge is 0.352 e. The standard InChI is InChI=1S/C23H42O4Si3/c1-9-18-29(8,19-10-2)27-30(26-28(5,6)7,22-15-12-11-13-16-22)20-14-17-25-23(24)21(3)4/h11-13,15-16H,3,9-10,14,17-20H2,1-2,4-8H3. The summed E-state index contributed by atoms with van der Waals surface area (Å²) in [4.78, 5) is 11.8. The van der Waals surface area contributed by atoms with Crippen molar-refractivity contribution in [1.29, 1.82) is 0 Å². The van der Waals surface area contributed by atoms with Crippen LogP contribution in [0.25, 0.3) is 0 Å². The molecule has 1 atom stereocenters. The Labute approximate surface area is 187 Å². The van der Waals surface area contributed by atoms with E-state index in [9.17, 15) is 4.79 Å². The molecule has 0 spiro atoms. The summed E-state index contributed by atoms with van der Waals surface area (Å²) in [5, 5.41) is 1.20. The fourth-order valence-electron chi connectivity index (χ4n) is 3.85. The van der Waals surface area contributed by atoms with Crippen molar-refractivity contribution < 1.29 is 17.8 Å². The van der Waals surface area contributed by atoms with Crippen LogP contribution >= 0.6 is 0 Å². The van der Waals surface area contributed by atoms with Crippen molar-refractivity contribution >= 4 is 36.4 Å². The summed E-state index contributed by atoms with van der Waals surface area (Å²) in [6.07, 6.45) is 2.99. The first-order chi connectivity index (χ1) is 14.0. The number of carbonyl (C=O) groups is 1. The van der Waals surface area contributed by atoms with Crippen LogP contribution in [0.3, 0.4) is 0 Å². The first-order valence-electron chi connectivity index (χ1n) is 11.3. The fraction of sp³-hybridized carbons (Fsp3) is 0.609. The third kappa shape index (κ3) is 9.01. The summed E-state index contributed by atoms with van der Waals surface area (Å²) in [6.45, 7) is 19.3. The normalized spacial score (nSPS) is 14.2.